The molecule has 17 heavy (non-hydrogen) atoms. The number of anilines is 1. The van der Waals surface area contributed by atoms with Crippen LogP contribution in [-0.4, -0.2) is 33.6 Å². The number of ether oxygens (including phenoxy) is 1. The SMILES string of the molecule is C[C@H]1C[C@@H](Oc2nc(N)nc3[nH]ccc23)CN1. The maximum absolute atomic E-state index is 5.88. The van der Waals surface area contributed by atoms with Gasteiger partial charge in [-0.25, -0.2) is 0 Å². The van der Waals surface area contributed by atoms with E-state index in [1.807, 2.05) is 6.07 Å². The molecule has 0 bridgehead atoms. The molecule has 0 saturated carbocycles. The Hall–Kier alpha value is -1.82. The number of nitrogens with two attached hydrogens (primary N) is 1. The van der Waals surface area contributed by atoms with Gasteiger partial charge in [-0.1, -0.05) is 0 Å². The molecule has 0 radical (unpaired) electrons. The van der Waals surface area contributed by atoms with Crippen molar-refractivity contribution in [2.45, 2.75) is 25.5 Å². The summed E-state index contributed by atoms with van der Waals surface area (Å²) in [7, 11) is 0. The summed E-state index contributed by atoms with van der Waals surface area (Å²) in [5.74, 6) is 0.795. The van der Waals surface area contributed by atoms with E-state index in [9.17, 15) is 0 Å². The number of aromatic nitrogens is 3. The van der Waals surface area contributed by atoms with Crippen molar-refractivity contribution in [2.75, 3.05) is 12.3 Å². The van der Waals surface area contributed by atoms with Crippen molar-refractivity contribution >= 4 is 17.0 Å². The highest BCUT2D eigenvalue weighted by Gasteiger charge is 2.23. The van der Waals surface area contributed by atoms with E-state index >= 15 is 0 Å². The minimum atomic E-state index is 0.150. The standard InChI is InChI=1S/C11H15N5O/c1-6-4-7(5-14-6)17-10-8-2-3-13-9(8)15-11(12)16-10/h2-3,6-7,14H,4-5H2,1H3,(H3,12,13,15,16)/t6-,7+/m0/s1. The minimum absolute atomic E-state index is 0.150. The number of hydrogen-bond acceptors (Lipinski definition) is 5. The van der Waals surface area contributed by atoms with Crippen LogP contribution in [0.15, 0.2) is 12.3 Å². The summed E-state index contributed by atoms with van der Waals surface area (Å²) in [6.45, 7) is 2.99. The van der Waals surface area contributed by atoms with E-state index in [4.69, 9.17) is 10.5 Å². The predicted octanol–water partition coefficient (Wildman–Crippen LogP) is 0.669. The monoisotopic (exact) mass is 233 g/mol. The first-order valence-corrected chi connectivity index (χ1v) is 5.73. The molecule has 3 rings (SSSR count). The van der Waals surface area contributed by atoms with Gasteiger partial charge in [0.05, 0.1) is 5.39 Å². The fraction of sp³-hybridized carbons (Fsp3) is 0.455. The van der Waals surface area contributed by atoms with Crippen LogP contribution in [0, 0.1) is 0 Å². The van der Waals surface area contributed by atoms with Crippen molar-refractivity contribution < 1.29 is 4.74 Å². The van der Waals surface area contributed by atoms with Gasteiger partial charge < -0.3 is 20.8 Å². The van der Waals surface area contributed by atoms with Gasteiger partial charge >= 0.3 is 0 Å². The van der Waals surface area contributed by atoms with Crippen molar-refractivity contribution in [1.29, 1.82) is 0 Å². The normalized spacial score (nSPS) is 24.3. The summed E-state index contributed by atoms with van der Waals surface area (Å²) in [6, 6.07) is 2.39. The summed E-state index contributed by atoms with van der Waals surface area (Å²) < 4.78 is 5.88. The van der Waals surface area contributed by atoms with E-state index in [0.717, 1.165) is 18.4 Å². The zero-order valence-electron chi connectivity index (χ0n) is 9.60. The van der Waals surface area contributed by atoms with Gasteiger partial charge in [-0.15, -0.1) is 0 Å². The lowest BCUT2D eigenvalue weighted by Crippen LogP contribution is -2.21. The van der Waals surface area contributed by atoms with Gasteiger partial charge in [0.25, 0.3) is 0 Å². The molecule has 1 aliphatic heterocycles. The van der Waals surface area contributed by atoms with Gasteiger partial charge in [0.1, 0.15) is 11.8 Å². The van der Waals surface area contributed by atoms with Crippen LogP contribution in [0.25, 0.3) is 11.0 Å². The Kier molecular flexibility index (Phi) is 2.36. The first-order chi connectivity index (χ1) is 8.22. The topological polar surface area (TPSA) is 88.8 Å². The third-order valence-electron chi connectivity index (χ3n) is 2.99. The Morgan fingerprint density at radius 3 is 3.12 bits per heavy atom. The largest absolute Gasteiger partial charge is 0.472 e. The smallest absolute Gasteiger partial charge is 0.228 e. The van der Waals surface area contributed by atoms with Gasteiger partial charge in [-0.2, -0.15) is 9.97 Å². The molecule has 1 fully saturated rings. The summed E-state index contributed by atoms with van der Waals surface area (Å²) in [5.41, 5.74) is 6.36. The quantitative estimate of drug-likeness (QED) is 0.709. The molecular formula is C11H15N5O. The number of nitrogens with one attached hydrogen (secondary N) is 2. The number of aromatic amines is 1. The van der Waals surface area contributed by atoms with E-state index < -0.39 is 0 Å². The molecule has 3 heterocycles. The molecular weight excluding hydrogens is 218 g/mol. The molecule has 1 saturated heterocycles. The Labute approximate surface area is 98.6 Å². The molecule has 0 aromatic carbocycles. The highest BCUT2D eigenvalue weighted by Crippen LogP contribution is 2.24. The number of H-pyrrole nitrogens is 1. The van der Waals surface area contributed by atoms with Crippen LogP contribution in [0.5, 0.6) is 5.88 Å². The number of fused-ring (bicyclic) bond motifs is 1. The van der Waals surface area contributed by atoms with Crippen LogP contribution < -0.4 is 15.8 Å². The molecule has 0 spiro atoms. The van der Waals surface area contributed by atoms with Crippen LogP contribution in [-0.2, 0) is 0 Å². The zero-order chi connectivity index (χ0) is 11.8. The maximum atomic E-state index is 5.88. The van der Waals surface area contributed by atoms with Crippen LogP contribution in [0.2, 0.25) is 0 Å². The van der Waals surface area contributed by atoms with E-state index in [0.29, 0.717) is 17.6 Å². The minimum Gasteiger partial charge on any atom is -0.472 e. The van der Waals surface area contributed by atoms with Gasteiger partial charge in [0, 0.05) is 25.2 Å². The first-order valence-electron chi connectivity index (χ1n) is 5.73. The Bertz CT molecular complexity index is 538. The summed E-state index contributed by atoms with van der Waals surface area (Å²) in [4.78, 5) is 11.3. The molecule has 0 amide bonds. The second-order valence-electron chi connectivity index (χ2n) is 4.41. The van der Waals surface area contributed by atoms with Crippen molar-refractivity contribution in [3.63, 3.8) is 0 Å². The Morgan fingerprint density at radius 2 is 2.35 bits per heavy atom. The van der Waals surface area contributed by atoms with E-state index in [-0.39, 0.29) is 12.1 Å². The van der Waals surface area contributed by atoms with Crippen LogP contribution in [0.1, 0.15) is 13.3 Å². The highest BCUT2D eigenvalue weighted by molar-refractivity contribution is 5.81. The second-order valence-corrected chi connectivity index (χ2v) is 4.41. The number of hydrogen-bond donors (Lipinski definition) is 3. The molecule has 2 aromatic rings. The lowest BCUT2D eigenvalue weighted by atomic mass is 10.2. The fourth-order valence-corrected chi connectivity index (χ4v) is 2.16. The average Bonchev–Trinajstić information content (AvgIpc) is 2.87. The third kappa shape index (κ3) is 1.91. The molecule has 6 nitrogen and oxygen atoms in total. The molecule has 1 aliphatic rings. The maximum Gasteiger partial charge on any atom is 0.228 e. The first kappa shape index (κ1) is 10.3. The molecule has 0 aliphatic carbocycles. The lowest BCUT2D eigenvalue weighted by Gasteiger charge is -2.12. The van der Waals surface area contributed by atoms with Gasteiger partial charge in [-0.3, -0.25) is 0 Å². The zero-order valence-corrected chi connectivity index (χ0v) is 9.60. The molecule has 6 heteroatoms. The van der Waals surface area contributed by atoms with Crippen molar-refractivity contribution in [3.05, 3.63) is 12.3 Å². The van der Waals surface area contributed by atoms with Gasteiger partial charge in [-0.05, 0) is 13.0 Å². The number of rotatable bonds is 2. The Morgan fingerprint density at radius 1 is 1.47 bits per heavy atom. The van der Waals surface area contributed by atoms with Crippen LogP contribution in [0.3, 0.4) is 0 Å². The summed E-state index contributed by atoms with van der Waals surface area (Å²) in [5, 5.41) is 4.21. The highest BCUT2D eigenvalue weighted by atomic mass is 16.5. The fourth-order valence-electron chi connectivity index (χ4n) is 2.16. The van der Waals surface area contributed by atoms with Crippen molar-refractivity contribution in [2.24, 2.45) is 0 Å². The van der Waals surface area contributed by atoms with Crippen molar-refractivity contribution in [3.8, 4) is 5.88 Å². The molecule has 2 aromatic heterocycles. The second kappa shape index (κ2) is 3.89. The summed E-state index contributed by atoms with van der Waals surface area (Å²) >= 11 is 0. The van der Waals surface area contributed by atoms with Crippen LogP contribution in [0.4, 0.5) is 5.95 Å². The van der Waals surface area contributed by atoms with E-state index in [1.54, 1.807) is 6.20 Å². The van der Waals surface area contributed by atoms with Gasteiger partial charge in [0.15, 0.2) is 0 Å². The van der Waals surface area contributed by atoms with Crippen LogP contribution >= 0.6 is 0 Å². The number of nitrogens with zero attached hydrogens (tertiary/aromatic N) is 2. The third-order valence-corrected chi connectivity index (χ3v) is 2.99. The van der Waals surface area contributed by atoms with Crippen molar-refractivity contribution in [1.82, 2.24) is 20.3 Å². The molecule has 90 valence electrons. The predicted molar refractivity (Wildman–Crippen MR) is 64.8 cm³/mol. The number of nitrogen functional groups attached to an aromatic ring is 1. The van der Waals surface area contributed by atoms with E-state index in [1.165, 1.54) is 0 Å². The lowest BCUT2D eigenvalue weighted by molar-refractivity contribution is 0.215. The molecule has 2 atom stereocenters. The molecule has 4 N–H and O–H groups in total. The molecule has 0 unspecified atom stereocenters. The van der Waals surface area contributed by atoms with E-state index in [2.05, 4.69) is 27.2 Å². The van der Waals surface area contributed by atoms with Gasteiger partial charge in [0.2, 0.25) is 11.8 Å². The summed E-state index contributed by atoms with van der Waals surface area (Å²) in [6.07, 6.45) is 2.94. The average molecular weight is 233 g/mol. The Balaban J connectivity index is 1.91.